The van der Waals surface area contributed by atoms with E-state index < -0.39 is 0 Å². The summed E-state index contributed by atoms with van der Waals surface area (Å²) in [6, 6.07) is 13.3. The van der Waals surface area contributed by atoms with E-state index in [1.54, 1.807) is 7.11 Å². The van der Waals surface area contributed by atoms with Crippen molar-refractivity contribution in [3.8, 4) is 33.6 Å². The molecule has 0 radical (unpaired) electrons. The normalized spacial score (nSPS) is 24.9. The summed E-state index contributed by atoms with van der Waals surface area (Å²) < 4.78 is 10.2. The Hall–Kier alpha value is -4.52. The molecule has 8 rings (SSSR count). The van der Waals surface area contributed by atoms with Gasteiger partial charge >= 0.3 is 6.09 Å². The molecule has 2 bridgehead atoms. The first-order chi connectivity index (χ1) is 28.4. The second-order valence-electron chi connectivity index (χ2n) is 18.6. The number of benzene rings is 2. The molecule has 8 atom stereocenters. The Bertz CT molecular complexity index is 2110. The van der Waals surface area contributed by atoms with E-state index in [1.165, 1.54) is 54.2 Å². The Labute approximate surface area is 349 Å². The standard InChI is InChI=1S/C47H64N8O4/c1-26(2)38(53-47(57)59-8)24-54-22-28(5)17-39(54)44-49-21-37(52-44)35-16-15-34(41-32-13-14-33(19-32)42(35)41)30-9-11-31(12-10-30)36-20-48-45(51-36)40-18-29(6)23-55(40)46(56)43(27(3)4)50-25-58-7/h9-12,15-16,20-21,26-29,32-33,38-40,43,50H,13-14,17-19,22-25H2,1-8H3,(H,48,51)(H,49,52)(H,53,57). The van der Waals surface area contributed by atoms with Gasteiger partial charge in [-0.2, -0.15) is 0 Å². The first kappa shape index (κ1) is 41.2. The van der Waals surface area contributed by atoms with Crippen LogP contribution in [0.4, 0.5) is 4.79 Å². The van der Waals surface area contributed by atoms with Crippen molar-refractivity contribution in [3.05, 3.63) is 71.6 Å². The Kier molecular flexibility index (Phi) is 12.0. The minimum absolute atomic E-state index is 0.0156. The summed E-state index contributed by atoms with van der Waals surface area (Å²) in [6.45, 7) is 15.7. The summed E-state index contributed by atoms with van der Waals surface area (Å²) in [5.41, 5.74) is 9.98. The average Bonchev–Trinajstić information content (AvgIpc) is 4.09. The van der Waals surface area contributed by atoms with Gasteiger partial charge in [-0.1, -0.05) is 77.9 Å². The van der Waals surface area contributed by atoms with Gasteiger partial charge in [-0.3, -0.25) is 15.0 Å². The van der Waals surface area contributed by atoms with Crippen molar-refractivity contribution in [2.45, 2.75) is 110 Å². The summed E-state index contributed by atoms with van der Waals surface area (Å²) in [7, 11) is 3.06. The number of carbonyl (C=O) groups is 2. The molecule has 0 spiro atoms. The zero-order valence-corrected chi connectivity index (χ0v) is 36.2. The summed E-state index contributed by atoms with van der Waals surface area (Å²) in [5.74, 6) is 4.41. The number of fused-ring (bicyclic) bond motifs is 5. The van der Waals surface area contributed by atoms with Crippen LogP contribution < -0.4 is 10.6 Å². The number of alkyl carbamates (subject to hydrolysis) is 1. The molecule has 2 aromatic heterocycles. The van der Waals surface area contributed by atoms with E-state index in [-0.39, 0.29) is 48.0 Å². The maximum absolute atomic E-state index is 13.8. The van der Waals surface area contributed by atoms with Gasteiger partial charge in [0.15, 0.2) is 0 Å². The van der Waals surface area contributed by atoms with Crippen LogP contribution in [-0.2, 0) is 14.3 Å². The lowest BCUT2D eigenvalue weighted by molar-refractivity contribution is -0.136. The van der Waals surface area contributed by atoms with Crippen molar-refractivity contribution < 1.29 is 19.1 Å². The molecular formula is C47H64N8O4. The molecule has 59 heavy (non-hydrogen) atoms. The van der Waals surface area contributed by atoms with Gasteiger partial charge < -0.3 is 29.7 Å². The van der Waals surface area contributed by atoms with Crippen LogP contribution in [0.2, 0.25) is 0 Å². The number of aromatic nitrogens is 4. The van der Waals surface area contributed by atoms with Crippen LogP contribution in [0.5, 0.6) is 0 Å². The van der Waals surface area contributed by atoms with E-state index in [2.05, 4.69) is 103 Å². The number of methoxy groups -OCH3 is 2. The second kappa shape index (κ2) is 17.2. The highest BCUT2D eigenvalue weighted by Gasteiger charge is 2.42. The van der Waals surface area contributed by atoms with Crippen molar-refractivity contribution in [1.29, 1.82) is 0 Å². The third-order valence-electron chi connectivity index (χ3n) is 13.7. The number of nitrogens with zero attached hydrogens (tertiary/aromatic N) is 4. The highest BCUT2D eigenvalue weighted by molar-refractivity contribution is 5.83. The van der Waals surface area contributed by atoms with Gasteiger partial charge in [-0.25, -0.2) is 14.8 Å². The minimum atomic E-state index is -0.384. The number of nitrogens with one attached hydrogen (secondary N) is 4. The number of carbonyl (C=O) groups excluding carboxylic acids is 2. The van der Waals surface area contributed by atoms with Crippen LogP contribution in [-0.4, -0.2) is 94.4 Å². The molecule has 12 nitrogen and oxygen atoms in total. The minimum Gasteiger partial charge on any atom is -0.453 e. The lowest BCUT2D eigenvalue weighted by Crippen LogP contribution is -2.49. The van der Waals surface area contributed by atoms with E-state index in [4.69, 9.17) is 19.4 Å². The molecule has 2 aliphatic heterocycles. The van der Waals surface area contributed by atoms with Gasteiger partial charge in [0.25, 0.3) is 0 Å². The Balaban J connectivity index is 1.02. The molecule has 316 valence electrons. The van der Waals surface area contributed by atoms with E-state index in [9.17, 15) is 9.59 Å². The van der Waals surface area contributed by atoms with Gasteiger partial charge in [-0.05, 0) is 95.4 Å². The molecular weight excluding hydrogens is 741 g/mol. The summed E-state index contributed by atoms with van der Waals surface area (Å²) in [5, 5.41) is 6.34. The van der Waals surface area contributed by atoms with Crippen LogP contribution in [0.1, 0.15) is 120 Å². The Morgan fingerprint density at radius 1 is 0.780 bits per heavy atom. The molecule has 12 heteroatoms. The fourth-order valence-electron chi connectivity index (χ4n) is 10.6. The fourth-order valence-corrected chi connectivity index (χ4v) is 10.6. The number of rotatable bonds is 14. The molecule has 8 unspecified atom stereocenters. The second-order valence-corrected chi connectivity index (χ2v) is 18.6. The average molecular weight is 805 g/mol. The largest absolute Gasteiger partial charge is 0.453 e. The molecule has 2 aliphatic carbocycles. The number of hydrogen-bond donors (Lipinski definition) is 4. The van der Waals surface area contributed by atoms with E-state index in [1.807, 2.05) is 17.3 Å². The molecule has 4 N–H and O–H groups in total. The van der Waals surface area contributed by atoms with E-state index in [0.29, 0.717) is 36.9 Å². The molecule has 2 aromatic carbocycles. The number of H-pyrrole nitrogens is 2. The van der Waals surface area contributed by atoms with Gasteiger partial charge in [0.2, 0.25) is 5.91 Å². The monoisotopic (exact) mass is 805 g/mol. The summed E-state index contributed by atoms with van der Waals surface area (Å²) >= 11 is 0. The van der Waals surface area contributed by atoms with Crippen LogP contribution in [0, 0.1) is 23.7 Å². The molecule has 4 aliphatic rings. The fraction of sp³-hybridized carbons (Fsp3) is 0.574. The highest BCUT2D eigenvalue weighted by atomic mass is 16.5. The zero-order chi connectivity index (χ0) is 41.5. The number of ether oxygens (including phenoxy) is 2. The van der Waals surface area contributed by atoms with Crippen LogP contribution >= 0.6 is 0 Å². The summed E-state index contributed by atoms with van der Waals surface area (Å²) in [4.78, 5) is 47.7. The predicted octanol–water partition coefficient (Wildman–Crippen LogP) is 8.39. The van der Waals surface area contributed by atoms with Crippen LogP contribution in [0.15, 0.2) is 48.8 Å². The van der Waals surface area contributed by atoms with Gasteiger partial charge in [0.05, 0.1) is 55.7 Å². The number of imidazole rings is 2. The highest BCUT2D eigenvalue weighted by Crippen LogP contribution is 2.58. The van der Waals surface area contributed by atoms with Gasteiger partial charge in [-0.15, -0.1) is 0 Å². The topological polar surface area (TPSA) is 140 Å². The number of hydrogen-bond acceptors (Lipinski definition) is 8. The number of aromatic amines is 2. The molecule has 2 amide bonds. The third kappa shape index (κ3) is 8.20. The third-order valence-corrected chi connectivity index (χ3v) is 13.7. The first-order valence-corrected chi connectivity index (χ1v) is 21.9. The van der Waals surface area contributed by atoms with E-state index in [0.717, 1.165) is 54.5 Å². The molecule has 2 saturated heterocycles. The lowest BCUT2D eigenvalue weighted by atomic mass is 9.82. The van der Waals surface area contributed by atoms with Crippen molar-refractivity contribution in [2.24, 2.45) is 23.7 Å². The molecule has 3 fully saturated rings. The SMILES string of the molecule is COCNC(C(=O)N1CC(C)CC1c1ncc(-c2ccc(-c3ccc(-c4cnc(C5CC(C)CN5CC(NC(=O)OC)C(C)C)[nH]4)c4c3C3CCC4C3)cc2)[nH]1)C(C)C. The first-order valence-electron chi connectivity index (χ1n) is 21.9. The number of likely N-dealkylation sites (tertiary alicyclic amines) is 2. The zero-order valence-electron chi connectivity index (χ0n) is 36.2. The van der Waals surface area contributed by atoms with Crippen LogP contribution in [0.25, 0.3) is 33.6 Å². The molecule has 4 aromatic rings. The van der Waals surface area contributed by atoms with Crippen molar-refractivity contribution in [2.75, 3.05) is 40.6 Å². The Morgan fingerprint density at radius 2 is 1.39 bits per heavy atom. The number of amides is 2. The maximum Gasteiger partial charge on any atom is 0.407 e. The predicted molar refractivity (Wildman–Crippen MR) is 231 cm³/mol. The van der Waals surface area contributed by atoms with Gasteiger partial charge in [0.1, 0.15) is 11.6 Å². The summed E-state index contributed by atoms with van der Waals surface area (Å²) in [6.07, 6.45) is 9.16. The van der Waals surface area contributed by atoms with Crippen molar-refractivity contribution in [3.63, 3.8) is 0 Å². The smallest absolute Gasteiger partial charge is 0.407 e. The van der Waals surface area contributed by atoms with Gasteiger partial charge in [0, 0.05) is 38.3 Å². The van der Waals surface area contributed by atoms with Crippen LogP contribution in [0.3, 0.4) is 0 Å². The lowest BCUT2D eigenvalue weighted by Gasteiger charge is -2.30. The Morgan fingerprint density at radius 3 is 2.07 bits per heavy atom. The van der Waals surface area contributed by atoms with Crippen molar-refractivity contribution >= 4 is 12.0 Å². The van der Waals surface area contributed by atoms with Crippen molar-refractivity contribution in [1.82, 2.24) is 40.4 Å². The maximum atomic E-state index is 13.8. The van der Waals surface area contributed by atoms with E-state index >= 15 is 0 Å². The quantitative estimate of drug-likeness (QED) is 0.0933. The molecule has 1 saturated carbocycles. The molecule has 4 heterocycles.